The average Bonchev–Trinajstić information content (AvgIpc) is 2.60. The molecule has 0 bridgehead atoms. The third kappa shape index (κ3) is 2.25. The lowest BCUT2D eigenvalue weighted by atomic mass is 9.94. The van der Waals surface area contributed by atoms with Gasteiger partial charge in [-0.05, 0) is 12.5 Å². The lowest BCUT2D eigenvalue weighted by Crippen LogP contribution is -2.40. The number of carbonyl (C=O) groups excluding carboxylic acids is 3. The van der Waals surface area contributed by atoms with E-state index < -0.39 is 0 Å². The van der Waals surface area contributed by atoms with Crippen molar-refractivity contribution < 1.29 is 14.4 Å². The van der Waals surface area contributed by atoms with Crippen LogP contribution in [0.5, 0.6) is 0 Å². The highest BCUT2D eigenvalue weighted by Crippen LogP contribution is 2.24. The van der Waals surface area contributed by atoms with Crippen LogP contribution in [-0.2, 0) is 27.9 Å². The molecule has 2 rings (SSSR count). The zero-order chi connectivity index (χ0) is 12.4. The van der Waals surface area contributed by atoms with Gasteiger partial charge >= 0.3 is 0 Å². The standard InChI is InChI=1S/C11H13N3O3/c1-14-9(6-7(13-14)4-5-15)8-2-3-10(16)12-11(8)17/h5-6,8H,2-4H2,1H3,(H,12,16,17). The van der Waals surface area contributed by atoms with Crippen LogP contribution >= 0.6 is 0 Å². The van der Waals surface area contributed by atoms with Gasteiger partial charge in [-0.25, -0.2) is 0 Å². The Morgan fingerprint density at radius 3 is 3.00 bits per heavy atom. The largest absolute Gasteiger partial charge is 0.303 e. The number of carbonyl (C=O) groups is 3. The normalized spacial score (nSPS) is 20.2. The molecule has 2 heterocycles. The number of hydrogen-bond acceptors (Lipinski definition) is 4. The van der Waals surface area contributed by atoms with Gasteiger partial charge in [0, 0.05) is 19.9 Å². The van der Waals surface area contributed by atoms with Crippen LogP contribution < -0.4 is 5.32 Å². The maximum Gasteiger partial charge on any atom is 0.235 e. The van der Waals surface area contributed by atoms with Crippen molar-refractivity contribution in [2.24, 2.45) is 7.05 Å². The molecule has 90 valence electrons. The van der Waals surface area contributed by atoms with Crippen LogP contribution in [0.3, 0.4) is 0 Å². The Balaban J connectivity index is 2.24. The fourth-order valence-corrected chi connectivity index (χ4v) is 2.03. The van der Waals surface area contributed by atoms with Crippen molar-refractivity contribution >= 4 is 18.1 Å². The van der Waals surface area contributed by atoms with Crippen LogP contribution in [-0.4, -0.2) is 27.9 Å². The number of piperidine rings is 1. The van der Waals surface area contributed by atoms with Crippen LogP contribution in [0.4, 0.5) is 0 Å². The van der Waals surface area contributed by atoms with Crippen molar-refractivity contribution in [3.8, 4) is 0 Å². The topological polar surface area (TPSA) is 81.1 Å². The SMILES string of the molecule is Cn1nc(CC=O)cc1C1CCC(=O)NC1=O. The Morgan fingerprint density at radius 1 is 1.59 bits per heavy atom. The Kier molecular flexibility index (Phi) is 3.03. The second kappa shape index (κ2) is 4.48. The van der Waals surface area contributed by atoms with Crippen molar-refractivity contribution in [2.45, 2.75) is 25.2 Å². The molecule has 6 nitrogen and oxygen atoms in total. The van der Waals surface area contributed by atoms with E-state index in [4.69, 9.17) is 0 Å². The summed E-state index contributed by atoms with van der Waals surface area (Å²) in [6.07, 6.45) is 1.84. The summed E-state index contributed by atoms with van der Waals surface area (Å²) in [4.78, 5) is 33.1. The van der Waals surface area contributed by atoms with Crippen molar-refractivity contribution in [2.75, 3.05) is 0 Å². The summed E-state index contributed by atoms with van der Waals surface area (Å²) in [6, 6.07) is 1.74. The molecule has 0 aliphatic carbocycles. The van der Waals surface area contributed by atoms with E-state index in [-0.39, 0.29) is 24.2 Å². The number of hydrogen-bond donors (Lipinski definition) is 1. The molecule has 1 atom stereocenters. The summed E-state index contributed by atoms with van der Waals surface area (Å²) in [5.41, 5.74) is 1.38. The molecule has 1 aliphatic heterocycles. The van der Waals surface area contributed by atoms with Crippen molar-refractivity contribution in [3.05, 3.63) is 17.5 Å². The third-order valence-corrected chi connectivity index (χ3v) is 2.86. The van der Waals surface area contributed by atoms with E-state index in [1.54, 1.807) is 17.8 Å². The molecule has 0 spiro atoms. The maximum atomic E-state index is 11.7. The molecular formula is C11H13N3O3. The van der Waals surface area contributed by atoms with Crippen molar-refractivity contribution in [1.29, 1.82) is 0 Å². The summed E-state index contributed by atoms with van der Waals surface area (Å²) >= 11 is 0. The smallest absolute Gasteiger partial charge is 0.235 e. The van der Waals surface area contributed by atoms with Gasteiger partial charge in [-0.3, -0.25) is 19.6 Å². The predicted molar refractivity (Wildman–Crippen MR) is 58.1 cm³/mol. The summed E-state index contributed by atoms with van der Waals surface area (Å²) in [5.74, 6) is -0.881. The number of aromatic nitrogens is 2. The van der Waals surface area contributed by atoms with E-state index >= 15 is 0 Å². The number of aldehydes is 1. The molecule has 1 aromatic rings. The number of imide groups is 1. The lowest BCUT2D eigenvalue weighted by molar-refractivity contribution is -0.134. The van der Waals surface area contributed by atoms with Gasteiger partial charge in [-0.1, -0.05) is 0 Å². The average molecular weight is 235 g/mol. The first-order valence-electron chi connectivity index (χ1n) is 5.42. The fraction of sp³-hybridized carbons (Fsp3) is 0.455. The molecular weight excluding hydrogens is 222 g/mol. The van der Waals surface area contributed by atoms with Gasteiger partial charge in [0.1, 0.15) is 6.29 Å². The summed E-state index contributed by atoms with van der Waals surface area (Å²) in [6.45, 7) is 0. The van der Waals surface area contributed by atoms with E-state index in [1.807, 2.05) is 0 Å². The summed E-state index contributed by atoms with van der Waals surface area (Å²) < 4.78 is 1.60. The molecule has 1 N–H and O–H groups in total. The van der Waals surface area contributed by atoms with Gasteiger partial charge < -0.3 is 4.79 Å². The van der Waals surface area contributed by atoms with Gasteiger partial charge in [0.15, 0.2) is 0 Å². The van der Waals surface area contributed by atoms with Crippen LogP contribution in [0.1, 0.15) is 30.1 Å². The zero-order valence-electron chi connectivity index (χ0n) is 9.47. The van der Waals surface area contributed by atoms with E-state index in [9.17, 15) is 14.4 Å². The first kappa shape index (κ1) is 11.5. The van der Waals surface area contributed by atoms with Gasteiger partial charge in [0.05, 0.1) is 17.3 Å². The highest BCUT2D eigenvalue weighted by Gasteiger charge is 2.30. The second-order valence-corrected chi connectivity index (χ2v) is 4.06. The lowest BCUT2D eigenvalue weighted by Gasteiger charge is -2.20. The zero-order valence-corrected chi connectivity index (χ0v) is 9.47. The number of amides is 2. The Morgan fingerprint density at radius 2 is 2.35 bits per heavy atom. The maximum absolute atomic E-state index is 11.7. The first-order valence-corrected chi connectivity index (χ1v) is 5.42. The number of nitrogens with zero attached hydrogens (tertiary/aromatic N) is 2. The molecule has 17 heavy (non-hydrogen) atoms. The Bertz CT molecular complexity index is 478. The Labute approximate surface area is 98.0 Å². The molecule has 1 saturated heterocycles. The van der Waals surface area contributed by atoms with Crippen LogP contribution in [0.15, 0.2) is 6.07 Å². The monoisotopic (exact) mass is 235 g/mol. The highest BCUT2D eigenvalue weighted by atomic mass is 16.2. The molecule has 1 aliphatic rings. The minimum atomic E-state index is -0.356. The quantitative estimate of drug-likeness (QED) is 0.575. The molecule has 0 radical (unpaired) electrons. The number of rotatable bonds is 3. The molecule has 0 saturated carbocycles. The number of nitrogens with one attached hydrogen (secondary N) is 1. The second-order valence-electron chi connectivity index (χ2n) is 4.06. The minimum absolute atomic E-state index is 0.235. The molecule has 6 heteroatoms. The molecule has 1 unspecified atom stereocenters. The van der Waals surface area contributed by atoms with Crippen LogP contribution in [0, 0.1) is 0 Å². The van der Waals surface area contributed by atoms with E-state index in [0.29, 0.717) is 18.5 Å². The van der Waals surface area contributed by atoms with E-state index in [2.05, 4.69) is 10.4 Å². The van der Waals surface area contributed by atoms with Crippen molar-refractivity contribution in [3.63, 3.8) is 0 Å². The van der Waals surface area contributed by atoms with Gasteiger partial charge in [0.25, 0.3) is 0 Å². The van der Waals surface area contributed by atoms with Gasteiger partial charge in [-0.2, -0.15) is 5.10 Å². The highest BCUT2D eigenvalue weighted by molar-refractivity contribution is 6.00. The summed E-state index contributed by atoms with van der Waals surface area (Å²) in [5, 5.41) is 6.46. The van der Waals surface area contributed by atoms with Gasteiger partial charge in [-0.15, -0.1) is 0 Å². The third-order valence-electron chi connectivity index (χ3n) is 2.86. The molecule has 1 fully saturated rings. The first-order chi connectivity index (χ1) is 8.11. The van der Waals surface area contributed by atoms with E-state index in [1.165, 1.54) is 0 Å². The Hall–Kier alpha value is -1.98. The van der Waals surface area contributed by atoms with Gasteiger partial charge in [0.2, 0.25) is 11.8 Å². The molecule has 2 amide bonds. The minimum Gasteiger partial charge on any atom is -0.303 e. The molecule has 1 aromatic heterocycles. The fourth-order valence-electron chi connectivity index (χ4n) is 2.03. The molecule has 0 aromatic carbocycles. The number of aryl methyl sites for hydroxylation is 1. The summed E-state index contributed by atoms with van der Waals surface area (Å²) in [7, 11) is 1.73. The predicted octanol–water partition coefficient (Wildman–Crippen LogP) is -0.318. The van der Waals surface area contributed by atoms with E-state index in [0.717, 1.165) is 12.0 Å². The van der Waals surface area contributed by atoms with Crippen LogP contribution in [0.25, 0.3) is 0 Å². The van der Waals surface area contributed by atoms with Crippen LogP contribution in [0.2, 0.25) is 0 Å². The van der Waals surface area contributed by atoms with Crippen molar-refractivity contribution in [1.82, 2.24) is 15.1 Å².